The van der Waals surface area contributed by atoms with E-state index in [0.29, 0.717) is 18.7 Å². The van der Waals surface area contributed by atoms with Gasteiger partial charge in [-0.25, -0.2) is 4.98 Å². The normalized spacial score (nSPS) is 10.2. The van der Waals surface area contributed by atoms with Crippen LogP contribution in [0.1, 0.15) is 21.6 Å². The van der Waals surface area contributed by atoms with Gasteiger partial charge in [0.25, 0.3) is 5.91 Å². The first-order chi connectivity index (χ1) is 9.15. The number of aromatic nitrogens is 1. The van der Waals surface area contributed by atoms with Crippen molar-refractivity contribution in [2.24, 2.45) is 0 Å². The Kier molecular flexibility index (Phi) is 4.52. The summed E-state index contributed by atoms with van der Waals surface area (Å²) in [6.07, 6.45) is 0. The molecule has 0 saturated heterocycles. The topological polar surface area (TPSA) is 54.0 Å². The van der Waals surface area contributed by atoms with Gasteiger partial charge in [0.2, 0.25) is 0 Å². The predicted octanol–water partition coefficient (Wildman–Crippen LogP) is 2.60. The second kappa shape index (κ2) is 6.33. The van der Waals surface area contributed by atoms with Crippen LogP contribution in [-0.2, 0) is 0 Å². The SMILES string of the molecule is Cc1ccc(C(=O)NCCNc2nc(C)cs2)cc1. The summed E-state index contributed by atoms with van der Waals surface area (Å²) in [5, 5.41) is 8.93. The van der Waals surface area contributed by atoms with Crippen LogP contribution in [0.3, 0.4) is 0 Å². The Morgan fingerprint density at radius 3 is 2.58 bits per heavy atom. The summed E-state index contributed by atoms with van der Waals surface area (Å²) in [5.74, 6) is -0.0443. The Labute approximate surface area is 116 Å². The smallest absolute Gasteiger partial charge is 0.251 e. The first-order valence-corrected chi connectivity index (χ1v) is 7.04. The Morgan fingerprint density at radius 1 is 1.21 bits per heavy atom. The molecule has 0 bridgehead atoms. The average molecular weight is 275 g/mol. The second-order valence-electron chi connectivity index (χ2n) is 4.34. The molecule has 0 unspecified atom stereocenters. The Balaban J connectivity index is 1.73. The second-order valence-corrected chi connectivity index (χ2v) is 5.20. The quantitative estimate of drug-likeness (QED) is 0.825. The third-order valence-corrected chi connectivity index (χ3v) is 3.54. The van der Waals surface area contributed by atoms with Crippen LogP contribution in [0, 0.1) is 13.8 Å². The number of benzene rings is 1. The Bertz CT molecular complexity index is 548. The molecule has 0 aliphatic heterocycles. The van der Waals surface area contributed by atoms with Gasteiger partial charge in [0.05, 0.1) is 5.69 Å². The van der Waals surface area contributed by atoms with Gasteiger partial charge in [0, 0.05) is 24.0 Å². The summed E-state index contributed by atoms with van der Waals surface area (Å²) < 4.78 is 0. The van der Waals surface area contributed by atoms with E-state index in [1.807, 2.05) is 43.5 Å². The lowest BCUT2D eigenvalue weighted by molar-refractivity contribution is 0.0955. The summed E-state index contributed by atoms with van der Waals surface area (Å²) in [6.45, 7) is 5.21. The molecule has 1 aromatic carbocycles. The van der Waals surface area contributed by atoms with Crippen molar-refractivity contribution in [2.75, 3.05) is 18.4 Å². The van der Waals surface area contributed by atoms with Gasteiger partial charge in [-0.3, -0.25) is 4.79 Å². The van der Waals surface area contributed by atoms with E-state index in [1.54, 1.807) is 11.3 Å². The number of amides is 1. The molecule has 4 nitrogen and oxygen atoms in total. The predicted molar refractivity (Wildman–Crippen MR) is 78.9 cm³/mol. The molecule has 0 spiro atoms. The highest BCUT2D eigenvalue weighted by atomic mass is 32.1. The highest BCUT2D eigenvalue weighted by molar-refractivity contribution is 7.13. The zero-order chi connectivity index (χ0) is 13.7. The van der Waals surface area contributed by atoms with Gasteiger partial charge in [-0.05, 0) is 26.0 Å². The van der Waals surface area contributed by atoms with Crippen LogP contribution in [-0.4, -0.2) is 24.0 Å². The van der Waals surface area contributed by atoms with Crippen molar-refractivity contribution in [2.45, 2.75) is 13.8 Å². The van der Waals surface area contributed by atoms with Crippen molar-refractivity contribution in [1.82, 2.24) is 10.3 Å². The van der Waals surface area contributed by atoms with Crippen LogP contribution in [0.25, 0.3) is 0 Å². The molecule has 0 aliphatic rings. The zero-order valence-electron chi connectivity index (χ0n) is 11.1. The van der Waals surface area contributed by atoms with Gasteiger partial charge in [-0.15, -0.1) is 11.3 Å². The average Bonchev–Trinajstić information content (AvgIpc) is 2.81. The molecule has 1 aromatic heterocycles. The van der Waals surface area contributed by atoms with E-state index < -0.39 is 0 Å². The molecule has 19 heavy (non-hydrogen) atoms. The third kappa shape index (κ3) is 4.06. The summed E-state index contributed by atoms with van der Waals surface area (Å²) in [4.78, 5) is 16.1. The van der Waals surface area contributed by atoms with Crippen LogP contribution in [0.4, 0.5) is 5.13 Å². The maximum absolute atomic E-state index is 11.8. The fourth-order valence-corrected chi connectivity index (χ4v) is 2.30. The van der Waals surface area contributed by atoms with E-state index in [9.17, 15) is 4.79 Å². The molecular formula is C14H17N3OS. The lowest BCUT2D eigenvalue weighted by atomic mass is 10.1. The minimum absolute atomic E-state index is 0.0443. The number of thiazole rings is 1. The molecule has 0 radical (unpaired) electrons. The zero-order valence-corrected chi connectivity index (χ0v) is 11.9. The van der Waals surface area contributed by atoms with Crippen molar-refractivity contribution in [3.63, 3.8) is 0 Å². The van der Waals surface area contributed by atoms with E-state index in [4.69, 9.17) is 0 Å². The molecule has 100 valence electrons. The largest absolute Gasteiger partial charge is 0.360 e. The first kappa shape index (κ1) is 13.5. The molecule has 1 heterocycles. The van der Waals surface area contributed by atoms with Crippen LogP contribution < -0.4 is 10.6 Å². The van der Waals surface area contributed by atoms with E-state index in [2.05, 4.69) is 15.6 Å². The standard InChI is InChI=1S/C14H17N3OS/c1-10-3-5-12(6-4-10)13(18)15-7-8-16-14-17-11(2)9-19-14/h3-6,9H,7-8H2,1-2H3,(H,15,18)(H,16,17). The maximum Gasteiger partial charge on any atom is 0.251 e. The van der Waals surface area contributed by atoms with Gasteiger partial charge < -0.3 is 10.6 Å². The van der Waals surface area contributed by atoms with Crippen molar-refractivity contribution in [3.8, 4) is 0 Å². The molecular weight excluding hydrogens is 258 g/mol. The minimum Gasteiger partial charge on any atom is -0.360 e. The number of hydrogen-bond acceptors (Lipinski definition) is 4. The molecule has 0 saturated carbocycles. The van der Waals surface area contributed by atoms with Gasteiger partial charge in [-0.1, -0.05) is 17.7 Å². The number of hydrogen-bond donors (Lipinski definition) is 2. The van der Waals surface area contributed by atoms with E-state index in [-0.39, 0.29) is 5.91 Å². The van der Waals surface area contributed by atoms with E-state index in [1.165, 1.54) is 0 Å². The number of carbonyl (C=O) groups is 1. The Hall–Kier alpha value is -1.88. The Morgan fingerprint density at radius 2 is 1.95 bits per heavy atom. The molecule has 1 amide bonds. The summed E-state index contributed by atoms with van der Waals surface area (Å²) in [7, 11) is 0. The summed E-state index contributed by atoms with van der Waals surface area (Å²) in [6, 6.07) is 7.54. The monoisotopic (exact) mass is 275 g/mol. The number of carbonyl (C=O) groups excluding carboxylic acids is 1. The number of nitrogens with one attached hydrogen (secondary N) is 2. The lowest BCUT2D eigenvalue weighted by Gasteiger charge is -2.06. The van der Waals surface area contributed by atoms with Gasteiger partial charge >= 0.3 is 0 Å². The minimum atomic E-state index is -0.0443. The van der Waals surface area contributed by atoms with Crippen molar-refractivity contribution < 1.29 is 4.79 Å². The number of rotatable bonds is 5. The van der Waals surface area contributed by atoms with Crippen molar-refractivity contribution >= 4 is 22.4 Å². The van der Waals surface area contributed by atoms with Crippen molar-refractivity contribution in [1.29, 1.82) is 0 Å². The summed E-state index contributed by atoms with van der Waals surface area (Å²) >= 11 is 1.57. The molecule has 0 atom stereocenters. The van der Waals surface area contributed by atoms with Gasteiger partial charge in [-0.2, -0.15) is 0 Å². The number of aryl methyl sites for hydroxylation is 2. The van der Waals surface area contributed by atoms with Gasteiger partial charge in [0.15, 0.2) is 5.13 Å². The number of anilines is 1. The van der Waals surface area contributed by atoms with E-state index in [0.717, 1.165) is 16.4 Å². The van der Waals surface area contributed by atoms with Crippen LogP contribution in [0.5, 0.6) is 0 Å². The molecule has 5 heteroatoms. The fourth-order valence-electron chi connectivity index (χ4n) is 1.59. The molecule has 2 aromatic rings. The summed E-state index contributed by atoms with van der Waals surface area (Å²) in [5.41, 5.74) is 2.85. The lowest BCUT2D eigenvalue weighted by Crippen LogP contribution is -2.28. The van der Waals surface area contributed by atoms with E-state index >= 15 is 0 Å². The first-order valence-electron chi connectivity index (χ1n) is 6.16. The molecule has 0 fully saturated rings. The van der Waals surface area contributed by atoms with Crippen LogP contribution in [0.15, 0.2) is 29.6 Å². The van der Waals surface area contributed by atoms with Crippen molar-refractivity contribution in [3.05, 3.63) is 46.5 Å². The highest BCUT2D eigenvalue weighted by Gasteiger charge is 2.03. The number of nitrogens with zero attached hydrogens (tertiary/aromatic N) is 1. The molecule has 0 aliphatic carbocycles. The fraction of sp³-hybridized carbons (Fsp3) is 0.286. The highest BCUT2D eigenvalue weighted by Crippen LogP contribution is 2.13. The van der Waals surface area contributed by atoms with Crippen LogP contribution >= 0.6 is 11.3 Å². The maximum atomic E-state index is 11.8. The van der Waals surface area contributed by atoms with Crippen LogP contribution in [0.2, 0.25) is 0 Å². The molecule has 2 rings (SSSR count). The van der Waals surface area contributed by atoms with Gasteiger partial charge in [0.1, 0.15) is 0 Å². The third-order valence-electron chi connectivity index (χ3n) is 2.62. The molecule has 2 N–H and O–H groups in total.